The molecule has 2 N–H and O–H groups in total. The van der Waals surface area contributed by atoms with Crippen LogP contribution in [0.1, 0.15) is 18.1 Å². The summed E-state index contributed by atoms with van der Waals surface area (Å²) in [5, 5.41) is 0. The predicted molar refractivity (Wildman–Crippen MR) is 70.0 cm³/mol. The Kier molecular flexibility index (Phi) is 3.99. The number of hydrogen-bond donors (Lipinski definition) is 1. The molecule has 2 atom stereocenters. The standard InChI is InChI=1S/C14H20N2O2/c1-10-7-11-5-3-4-6-12(11)8-16(10)14(17)13(15)9-18-2/h3-6,10,13H,7-9,15H2,1-2H3. The first kappa shape index (κ1) is 13.1. The molecule has 0 spiro atoms. The summed E-state index contributed by atoms with van der Waals surface area (Å²) in [6.07, 6.45) is 0.890. The first-order valence-electron chi connectivity index (χ1n) is 6.25. The van der Waals surface area contributed by atoms with Crippen molar-refractivity contribution in [1.82, 2.24) is 4.90 Å². The van der Waals surface area contributed by atoms with Gasteiger partial charge >= 0.3 is 0 Å². The number of carbonyl (C=O) groups is 1. The molecule has 0 saturated heterocycles. The number of hydrogen-bond acceptors (Lipinski definition) is 3. The van der Waals surface area contributed by atoms with Crippen LogP contribution >= 0.6 is 0 Å². The first-order valence-corrected chi connectivity index (χ1v) is 6.25. The normalized spacial score (nSPS) is 20.4. The van der Waals surface area contributed by atoms with Crippen LogP contribution in [0.15, 0.2) is 24.3 Å². The predicted octanol–water partition coefficient (Wildman–Crippen LogP) is 0.934. The van der Waals surface area contributed by atoms with E-state index >= 15 is 0 Å². The van der Waals surface area contributed by atoms with Gasteiger partial charge in [0.1, 0.15) is 6.04 Å². The molecule has 4 nitrogen and oxygen atoms in total. The van der Waals surface area contributed by atoms with Crippen LogP contribution < -0.4 is 5.73 Å². The van der Waals surface area contributed by atoms with Crippen LogP contribution in [-0.2, 0) is 22.5 Å². The van der Waals surface area contributed by atoms with Crippen LogP contribution in [0.5, 0.6) is 0 Å². The summed E-state index contributed by atoms with van der Waals surface area (Å²) >= 11 is 0. The first-order chi connectivity index (χ1) is 8.63. The van der Waals surface area contributed by atoms with Gasteiger partial charge in [-0.15, -0.1) is 0 Å². The van der Waals surface area contributed by atoms with Crippen LogP contribution in [0.4, 0.5) is 0 Å². The molecule has 0 bridgehead atoms. The van der Waals surface area contributed by atoms with E-state index in [1.807, 2.05) is 17.0 Å². The minimum Gasteiger partial charge on any atom is -0.383 e. The molecule has 18 heavy (non-hydrogen) atoms. The van der Waals surface area contributed by atoms with E-state index < -0.39 is 6.04 Å². The summed E-state index contributed by atoms with van der Waals surface area (Å²) in [5.74, 6) is -0.0288. The van der Waals surface area contributed by atoms with Crippen LogP contribution in [-0.4, -0.2) is 36.6 Å². The Morgan fingerprint density at radius 2 is 2.17 bits per heavy atom. The van der Waals surface area contributed by atoms with E-state index in [1.54, 1.807) is 7.11 Å². The lowest BCUT2D eigenvalue weighted by Gasteiger charge is -2.36. The molecule has 1 heterocycles. The molecule has 1 aliphatic heterocycles. The average Bonchev–Trinajstić information content (AvgIpc) is 2.37. The number of nitrogens with two attached hydrogens (primary N) is 1. The lowest BCUT2D eigenvalue weighted by molar-refractivity contribution is -0.136. The Hall–Kier alpha value is -1.39. The number of ether oxygens (including phenoxy) is 1. The number of fused-ring (bicyclic) bond motifs is 1. The van der Waals surface area contributed by atoms with E-state index in [-0.39, 0.29) is 18.6 Å². The molecule has 0 radical (unpaired) electrons. The summed E-state index contributed by atoms with van der Waals surface area (Å²) in [5.41, 5.74) is 8.37. The second-order valence-corrected chi connectivity index (χ2v) is 4.85. The van der Waals surface area contributed by atoms with E-state index in [4.69, 9.17) is 10.5 Å². The van der Waals surface area contributed by atoms with E-state index in [9.17, 15) is 4.79 Å². The molecule has 0 fully saturated rings. The molecule has 1 amide bonds. The van der Waals surface area contributed by atoms with Crippen molar-refractivity contribution < 1.29 is 9.53 Å². The lowest BCUT2D eigenvalue weighted by atomic mass is 9.94. The lowest BCUT2D eigenvalue weighted by Crippen LogP contribution is -2.51. The largest absolute Gasteiger partial charge is 0.383 e. The number of amides is 1. The second kappa shape index (κ2) is 5.50. The fourth-order valence-corrected chi connectivity index (χ4v) is 2.44. The Balaban J connectivity index is 2.14. The SMILES string of the molecule is COCC(N)C(=O)N1Cc2ccccc2CC1C. The van der Waals surface area contributed by atoms with Gasteiger partial charge in [-0.3, -0.25) is 4.79 Å². The van der Waals surface area contributed by atoms with Gasteiger partial charge in [-0.25, -0.2) is 0 Å². The van der Waals surface area contributed by atoms with Crippen LogP contribution in [0.25, 0.3) is 0 Å². The number of rotatable bonds is 3. The van der Waals surface area contributed by atoms with Gasteiger partial charge in [0.15, 0.2) is 0 Å². The molecule has 4 heteroatoms. The highest BCUT2D eigenvalue weighted by Gasteiger charge is 2.29. The van der Waals surface area contributed by atoms with Gasteiger partial charge < -0.3 is 15.4 Å². The second-order valence-electron chi connectivity index (χ2n) is 4.85. The highest BCUT2D eigenvalue weighted by Crippen LogP contribution is 2.23. The van der Waals surface area contributed by atoms with Crippen LogP contribution in [0.3, 0.4) is 0 Å². The molecule has 1 aliphatic rings. The molecule has 0 aromatic heterocycles. The van der Waals surface area contributed by atoms with Crippen molar-refractivity contribution in [1.29, 1.82) is 0 Å². The third-order valence-electron chi connectivity index (χ3n) is 3.45. The van der Waals surface area contributed by atoms with E-state index in [0.29, 0.717) is 6.54 Å². The smallest absolute Gasteiger partial charge is 0.242 e. The van der Waals surface area contributed by atoms with Crippen molar-refractivity contribution in [3.05, 3.63) is 35.4 Å². The number of methoxy groups -OCH3 is 1. The summed E-state index contributed by atoms with van der Waals surface area (Å²) in [4.78, 5) is 14.1. The van der Waals surface area contributed by atoms with Gasteiger partial charge in [0.25, 0.3) is 0 Å². The van der Waals surface area contributed by atoms with Crippen molar-refractivity contribution in [3.8, 4) is 0 Å². The molecular formula is C14H20N2O2. The fraction of sp³-hybridized carbons (Fsp3) is 0.500. The van der Waals surface area contributed by atoms with E-state index in [2.05, 4.69) is 19.1 Å². The zero-order chi connectivity index (χ0) is 13.1. The maximum Gasteiger partial charge on any atom is 0.242 e. The third kappa shape index (κ3) is 2.54. The maximum absolute atomic E-state index is 12.2. The highest BCUT2D eigenvalue weighted by molar-refractivity contribution is 5.82. The van der Waals surface area contributed by atoms with Crippen molar-refractivity contribution in [2.75, 3.05) is 13.7 Å². The third-order valence-corrected chi connectivity index (χ3v) is 3.45. The Morgan fingerprint density at radius 1 is 1.50 bits per heavy atom. The quantitative estimate of drug-likeness (QED) is 0.866. The fourth-order valence-electron chi connectivity index (χ4n) is 2.44. The molecule has 1 aromatic carbocycles. The molecular weight excluding hydrogens is 228 g/mol. The van der Waals surface area contributed by atoms with Crippen LogP contribution in [0, 0.1) is 0 Å². The average molecular weight is 248 g/mol. The molecule has 98 valence electrons. The van der Waals surface area contributed by atoms with Gasteiger partial charge in [-0.05, 0) is 24.5 Å². The monoisotopic (exact) mass is 248 g/mol. The topological polar surface area (TPSA) is 55.6 Å². The van der Waals surface area contributed by atoms with Gasteiger partial charge in [0.2, 0.25) is 5.91 Å². The Labute approximate surface area is 108 Å². The number of nitrogens with zero attached hydrogens (tertiary/aromatic N) is 1. The number of carbonyl (C=O) groups excluding carboxylic acids is 1. The van der Waals surface area contributed by atoms with Crippen molar-refractivity contribution in [2.24, 2.45) is 5.73 Å². The van der Waals surface area contributed by atoms with Gasteiger partial charge in [0.05, 0.1) is 6.61 Å². The zero-order valence-corrected chi connectivity index (χ0v) is 10.9. The van der Waals surface area contributed by atoms with Gasteiger partial charge in [-0.1, -0.05) is 24.3 Å². The Morgan fingerprint density at radius 3 is 2.83 bits per heavy atom. The van der Waals surface area contributed by atoms with Gasteiger partial charge in [0, 0.05) is 19.7 Å². The Bertz CT molecular complexity index is 434. The van der Waals surface area contributed by atoms with E-state index in [0.717, 1.165) is 6.42 Å². The summed E-state index contributed by atoms with van der Waals surface area (Å²) in [6.45, 7) is 2.98. The molecule has 2 rings (SSSR count). The summed E-state index contributed by atoms with van der Waals surface area (Å²) in [7, 11) is 1.56. The van der Waals surface area contributed by atoms with Crippen molar-refractivity contribution >= 4 is 5.91 Å². The molecule has 0 saturated carbocycles. The summed E-state index contributed by atoms with van der Waals surface area (Å²) in [6, 6.07) is 7.87. The van der Waals surface area contributed by atoms with Gasteiger partial charge in [-0.2, -0.15) is 0 Å². The van der Waals surface area contributed by atoms with Crippen molar-refractivity contribution in [2.45, 2.75) is 32.0 Å². The highest BCUT2D eigenvalue weighted by atomic mass is 16.5. The minimum atomic E-state index is -0.567. The number of benzene rings is 1. The molecule has 0 aliphatic carbocycles. The maximum atomic E-state index is 12.2. The molecule has 2 unspecified atom stereocenters. The summed E-state index contributed by atoms with van der Waals surface area (Å²) < 4.78 is 4.95. The molecule has 1 aromatic rings. The minimum absolute atomic E-state index is 0.0288. The zero-order valence-electron chi connectivity index (χ0n) is 10.9. The van der Waals surface area contributed by atoms with Crippen LogP contribution in [0.2, 0.25) is 0 Å². The van der Waals surface area contributed by atoms with Crippen molar-refractivity contribution in [3.63, 3.8) is 0 Å². The van der Waals surface area contributed by atoms with E-state index in [1.165, 1.54) is 11.1 Å².